The fourth-order valence-corrected chi connectivity index (χ4v) is 3.36. The van der Waals surface area contributed by atoms with Gasteiger partial charge in [0.05, 0.1) is 0 Å². The van der Waals surface area contributed by atoms with E-state index in [1.54, 1.807) is 0 Å². The predicted octanol–water partition coefficient (Wildman–Crippen LogP) is 4.13. The van der Waals surface area contributed by atoms with E-state index in [1.165, 1.54) is 0 Å². The summed E-state index contributed by atoms with van der Waals surface area (Å²) < 4.78 is 6.29. The molecule has 130 valence electrons. The molecule has 0 spiro atoms. The van der Waals surface area contributed by atoms with Crippen LogP contribution in [0.3, 0.4) is 0 Å². The molecule has 1 saturated heterocycles. The van der Waals surface area contributed by atoms with Crippen molar-refractivity contribution in [3.8, 4) is 5.75 Å². The highest BCUT2D eigenvalue weighted by atomic mass is 16.5. The Labute approximate surface area is 148 Å². The zero-order valence-electron chi connectivity index (χ0n) is 14.8. The largest absolute Gasteiger partial charge is 0.490 e. The van der Waals surface area contributed by atoms with Crippen LogP contribution in [0.25, 0.3) is 10.9 Å². The molecular formula is C20H24N4O. The van der Waals surface area contributed by atoms with Crippen LogP contribution in [-0.4, -0.2) is 34.1 Å². The van der Waals surface area contributed by atoms with Crippen LogP contribution in [-0.2, 0) is 0 Å². The average molecular weight is 336 g/mol. The number of hydrogen-bond donors (Lipinski definition) is 1. The zero-order chi connectivity index (χ0) is 17.2. The first kappa shape index (κ1) is 15.9. The number of benzene rings is 1. The van der Waals surface area contributed by atoms with E-state index in [-0.39, 0.29) is 6.10 Å². The average Bonchev–Trinajstić information content (AvgIpc) is 3.12. The number of nitrogens with one attached hydrogen (secondary N) is 1. The van der Waals surface area contributed by atoms with Gasteiger partial charge in [0.15, 0.2) is 0 Å². The molecule has 25 heavy (non-hydrogen) atoms. The van der Waals surface area contributed by atoms with E-state index in [0.29, 0.717) is 5.92 Å². The van der Waals surface area contributed by atoms with Crippen molar-refractivity contribution < 1.29 is 4.74 Å². The van der Waals surface area contributed by atoms with Crippen LogP contribution in [0.1, 0.15) is 38.4 Å². The number of anilines is 1. The van der Waals surface area contributed by atoms with Crippen LogP contribution < -0.4 is 9.64 Å². The molecule has 3 aromatic rings. The van der Waals surface area contributed by atoms with Gasteiger partial charge in [-0.3, -0.25) is 0 Å². The number of rotatable bonds is 4. The fourth-order valence-electron chi connectivity index (χ4n) is 3.36. The van der Waals surface area contributed by atoms with E-state index < -0.39 is 0 Å². The summed E-state index contributed by atoms with van der Waals surface area (Å²) >= 11 is 0. The number of aromatic amines is 1. The molecule has 5 heteroatoms. The highest BCUT2D eigenvalue weighted by Gasteiger charge is 2.22. The Morgan fingerprint density at radius 3 is 2.80 bits per heavy atom. The van der Waals surface area contributed by atoms with Crippen LogP contribution >= 0.6 is 0 Å². The van der Waals surface area contributed by atoms with Crippen molar-refractivity contribution >= 4 is 16.7 Å². The van der Waals surface area contributed by atoms with Gasteiger partial charge in [-0.25, -0.2) is 9.97 Å². The van der Waals surface area contributed by atoms with Crippen LogP contribution in [0, 0.1) is 0 Å². The summed E-state index contributed by atoms with van der Waals surface area (Å²) in [5.41, 5.74) is 1.12. The summed E-state index contributed by atoms with van der Waals surface area (Å²) in [6.07, 6.45) is 6.08. The minimum absolute atomic E-state index is 0.253. The Morgan fingerprint density at radius 1 is 1.16 bits per heavy atom. The minimum atomic E-state index is 0.253. The van der Waals surface area contributed by atoms with Gasteiger partial charge < -0.3 is 14.6 Å². The molecule has 0 saturated carbocycles. The lowest BCUT2D eigenvalue weighted by atomic mass is 10.1. The second-order valence-electron chi connectivity index (χ2n) is 6.93. The molecule has 1 aromatic carbocycles. The standard InChI is InChI=1S/C20H24N4O/c1-14(2)20-22-11-7-19(23-20)24-12-8-15(9-13-24)25-18-5-3-4-17-16(18)6-10-21-17/h3-7,10-11,14-15,21H,8-9,12-13H2,1-2H3. The normalized spacial score (nSPS) is 15.9. The van der Waals surface area contributed by atoms with Crippen LogP contribution in [0.5, 0.6) is 5.75 Å². The number of nitrogens with zero attached hydrogens (tertiary/aromatic N) is 3. The zero-order valence-corrected chi connectivity index (χ0v) is 14.8. The maximum absolute atomic E-state index is 6.29. The van der Waals surface area contributed by atoms with Crippen molar-refractivity contribution in [1.29, 1.82) is 0 Å². The lowest BCUT2D eigenvalue weighted by Crippen LogP contribution is -2.38. The quantitative estimate of drug-likeness (QED) is 0.778. The summed E-state index contributed by atoms with van der Waals surface area (Å²) in [6.45, 7) is 6.17. The maximum Gasteiger partial charge on any atom is 0.133 e. The van der Waals surface area contributed by atoms with Gasteiger partial charge in [-0.15, -0.1) is 0 Å². The third kappa shape index (κ3) is 3.31. The molecule has 0 atom stereocenters. The molecule has 0 bridgehead atoms. The molecule has 3 heterocycles. The van der Waals surface area contributed by atoms with Crippen LogP contribution in [0.15, 0.2) is 42.7 Å². The fraction of sp³-hybridized carbons (Fsp3) is 0.400. The second kappa shape index (κ2) is 6.75. The van der Waals surface area contributed by atoms with Gasteiger partial charge in [-0.2, -0.15) is 0 Å². The molecule has 1 N–H and O–H groups in total. The van der Waals surface area contributed by atoms with Gasteiger partial charge in [0.25, 0.3) is 0 Å². The van der Waals surface area contributed by atoms with Crippen molar-refractivity contribution in [3.05, 3.63) is 48.5 Å². The SMILES string of the molecule is CC(C)c1nccc(N2CCC(Oc3cccc4[nH]ccc34)CC2)n1. The number of H-pyrrole nitrogens is 1. The van der Waals surface area contributed by atoms with Gasteiger partial charge in [0.1, 0.15) is 23.5 Å². The van der Waals surface area contributed by atoms with Crippen molar-refractivity contribution in [1.82, 2.24) is 15.0 Å². The Kier molecular flexibility index (Phi) is 4.30. The summed E-state index contributed by atoms with van der Waals surface area (Å²) in [4.78, 5) is 14.6. The van der Waals surface area contributed by atoms with Crippen molar-refractivity contribution in [2.24, 2.45) is 0 Å². The van der Waals surface area contributed by atoms with E-state index in [4.69, 9.17) is 9.72 Å². The van der Waals surface area contributed by atoms with Crippen LogP contribution in [0.2, 0.25) is 0 Å². The molecule has 2 aromatic heterocycles. The van der Waals surface area contributed by atoms with E-state index >= 15 is 0 Å². The van der Waals surface area contributed by atoms with Gasteiger partial charge >= 0.3 is 0 Å². The molecule has 4 rings (SSSR count). The van der Waals surface area contributed by atoms with Gasteiger partial charge in [-0.05, 0) is 24.3 Å². The van der Waals surface area contributed by atoms with Crippen molar-refractivity contribution in [3.63, 3.8) is 0 Å². The molecule has 1 aliphatic heterocycles. The molecule has 0 unspecified atom stereocenters. The molecule has 0 aliphatic carbocycles. The first-order chi connectivity index (χ1) is 12.2. The van der Waals surface area contributed by atoms with Crippen molar-refractivity contribution in [2.75, 3.05) is 18.0 Å². The first-order valence-corrected chi connectivity index (χ1v) is 9.01. The number of aromatic nitrogens is 3. The minimum Gasteiger partial charge on any atom is -0.490 e. The topological polar surface area (TPSA) is 54.0 Å². The molecule has 0 amide bonds. The predicted molar refractivity (Wildman–Crippen MR) is 100 cm³/mol. The van der Waals surface area contributed by atoms with E-state index in [2.05, 4.69) is 46.9 Å². The van der Waals surface area contributed by atoms with Gasteiger partial charge in [-0.1, -0.05) is 19.9 Å². The second-order valence-corrected chi connectivity index (χ2v) is 6.93. The number of hydrogen-bond acceptors (Lipinski definition) is 4. The van der Waals surface area contributed by atoms with Crippen molar-refractivity contribution in [2.45, 2.75) is 38.7 Å². The maximum atomic E-state index is 6.29. The first-order valence-electron chi connectivity index (χ1n) is 9.01. The van der Waals surface area contributed by atoms with E-state index in [0.717, 1.165) is 54.2 Å². The Hall–Kier alpha value is -2.56. The van der Waals surface area contributed by atoms with E-state index in [1.807, 2.05) is 24.5 Å². The number of fused-ring (bicyclic) bond motifs is 1. The highest BCUT2D eigenvalue weighted by molar-refractivity contribution is 5.85. The third-order valence-electron chi connectivity index (χ3n) is 4.79. The Bertz CT molecular complexity index is 850. The third-order valence-corrected chi connectivity index (χ3v) is 4.79. The molecule has 1 aliphatic rings. The monoisotopic (exact) mass is 336 g/mol. The molecule has 1 fully saturated rings. The number of ether oxygens (including phenoxy) is 1. The van der Waals surface area contributed by atoms with Gasteiger partial charge in [0, 0.05) is 55.1 Å². The molecule has 0 radical (unpaired) electrons. The smallest absolute Gasteiger partial charge is 0.133 e. The Balaban J connectivity index is 1.42. The lowest BCUT2D eigenvalue weighted by Gasteiger charge is -2.33. The molecule has 5 nitrogen and oxygen atoms in total. The van der Waals surface area contributed by atoms with E-state index in [9.17, 15) is 0 Å². The molecular weight excluding hydrogens is 312 g/mol. The van der Waals surface area contributed by atoms with Gasteiger partial charge in [0.2, 0.25) is 0 Å². The summed E-state index contributed by atoms with van der Waals surface area (Å²) in [5, 5.41) is 1.15. The Morgan fingerprint density at radius 2 is 2.00 bits per heavy atom. The van der Waals surface area contributed by atoms with Crippen LogP contribution in [0.4, 0.5) is 5.82 Å². The summed E-state index contributed by atoms with van der Waals surface area (Å²) in [7, 11) is 0. The summed E-state index contributed by atoms with van der Waals surface area (Å²) in [6, 6.07) is 10.3. The number of piperidine rings is 1. The summed E-state index contributed by atoms with van der Waals surface area (Å²) in [5.74, 6) is 3.27. The highest BCUT2D eigenvalue weighted by Crippen LogP contribution is 2.28. The lowest BCUT2D eigenvalue weighted by molar-refractivity contribution is 0.173.